The molecule has 0 fully saturated rings. The molecular weight excluding hydrogens is 384 g/mol. The molecule has 1 N–H and O–H groups in total. The highest BCUT2D eigenvalue weighted by Gasteiger charge is 2.32. The average Bonchev–Trinajstić information content (AvgIpc) is 3.05. The van der Waals surface area contributed by atoms with Gasteiger partial charge < -0.3 is 9.73 Å². The fourth-order valence-corrected chi connectivity index (χ4v) is 3.61. The average molecular weight is 408 g/mol. The summed E-state index contributed by atoms with van der Waals surface area (Å²) in [5, 5.41) is 14.1. The molecule has 28 heavy (non-hydrogen) atoms. The molecule has 1 aromatic carbocycles. The van der Waals surface area contributed by atoms with Gasteiger partial charge in [-0.1, -0.05) is 27.7 Å². The number of carbonyl (C=O) groups is 1. The van der Waals surface area contributed by atoms with Crippen LogP contribution in [0, 0.1) is 15.5 Å². The first kappa shape index (κ1) is 21.6. The smallest absolute Gasteiger partial charge is 0.288 e. The van der Waals surface area contributed by atoms with Crippen molar-refractivity contribution in [1.82, 2.24) is 5.32 Å². The first-order valence-electron chi connectivity index (χ1n) is 8.72. The van der Waals surface area contributed by atoms with E-state index in [-0.39, 0.29) is 5.56 Å². The molecule has 1 heterocycles. The summed E-state index contributed by atoms with van der Waals surface area (Å²) in [6.07, 6.45) is 1.59. The number of aryl methyl sites for hydroxylation is 1. The second-order valence-electron chi connectivity index (χ2n) is 7.64. The van der Waals surface area contributed by atoms with Crippen molar-refractivity contribution < 1.29 is 22.6 Å². The molecule has 8 nitrogen and oxygen atoms in total. The van der Waals surface area contributed by atoms with E-state index in [4.69, 9.17) is 4.42 Å². The number of rotatable bonds is 6. The standard InChI is InChI=1S/C19H24N2O6S/c1-6-13-8-9-15(27-13)17(19(2,3)4)20-18(22)12-7-10-16(28(5,25)26)14(11-12)21(23)24/h7-11,17H,6H2,1-5H3,(H,20,22). The van der Waals surface area contributed by atoms with Crippen LogP contribution in [0.5, 0.6) is 0 Å². The Kier molecular flexibility index (Phi) is 5.98. The summed E-state index contributed by atoms with van der Waals surface area (Å²) in [6.45, 7) is 7.75. The second-order valence-corrected chi connectivity index (χ2v) is 9.63. The molecule has 1 atom stereocenters. The van der Waals surface area contributed by atoms with Gasteiger partial charge in [-0.05, 0) is 29.7 Å². The second kappa shape index (κ2) is 7.75. The molecule has 0 aliphatic rings. The Balaban J connectivity index is 2.41. The lowest BCUT2D eigenvalue weighted by Gasteiger charge is -2.30. The van der Waals surface area contributed by atoms with Gasteiger partial charge in [0.2, 0.25) is 0 Å². The van der Waals surface area contributed by atoms with Gasteiger partial charge in [-0.15, -0.1) is 0 Å². The van der Waals surface area contributed by atoms with Crippen molar-refractivity contribution in [1.29, 1.82) is 0 Å². The monoisotopic (exact) mass is 408 g/mol. The molecule has 0 radical (unpaired) electrons. The fourth-order valence-electron chi connectivity index (χ4n) is 2.78. The maximum Gasteiger partial charge on any atom is 0.288 e. The Morgan fingerprint density at radius 2 is 1.89 bits per heavy atom. The predicted octanol–water partition coefficient (Wildman–Crippen LogP) is 3.67. The van der Waals surface area contributed by atoms with Crippen molar-refractivity contribution in [2.45, 2.75) is 45.1 Å². The number of carbonyl (C=O) groups excluding carboxylic acids is 1. The Morgan fingerprint density at radius 3 is 2.36 bits per heavy atom. The molecule has 1 unspecified atom stereocenters. The van der Waals surface area contributed by atoms with E-state index in [0.29, 0.717) is 12.2 Å². The summed E-state index contributed by atoms with van der Waals surface area (Å²) < 4.78 is 29.3. The third-order valence-electron chi connectivity index (χ3n) is 4.27. The van der Waals surface area contributed by atoms with Crippen LogP contribution in [-0.4, -0.2) is 25.5 Å². The molecule has 1 amide bonds. The van der Waals surface area contributed by atoms with Crippen LogP contribution in [-0.2, 0) is 16.3 Å². The van der Waals surface area contributed by atoms with Gasteiger partial charge in [0.05, 0.1) is 11.0 Å². The van der Waals surface area contributed by atoms with Crippen molar-refractivity contribution in [2.75, 3.05) is 6.26 Å². The van der Waals surface area contributed by atoms with Crippen LogP contribution in [0.4, 0.5) is 5.69 Å². The fraction of sp³-hybridized carbons (Fsp3) is 0.421. The molecule has 2 aromatic rings. The van der Waals surface area contributed by atoms with Crippen LogP contribution in [0.3, 0.4) is 0 Å². The third-order valence-corrected chi connectivity index (χ3v) is 5.42. The lowest BCUT2D eigenvalue weighted by atomic mass is 9.85. The number of nitrogens with zero attached hydrogens (tertiary/aromatic N) is 1. The van der Waals surface area contributed by atoms with Gasteiger partial charge in [-0.3, -0.25) is 14.9 Å². The van der Waals surface area contributed by atoms with Crippen LogP contribution < -0.4 is 5.32 Å². The van der Waals surface area contributed by atoms with Crippen LogP contribution in [0.25, 0.3) is 0 Å². The van der Waals surface area contributed by atoms with E-state index >= 15 is 0 Å². The van der Waals surface area contributed by atoms with Gasteiger partial charge in [0.1, 0.15) is 16.4 Å². The minimum absolute atomic E-state index is 0.00405. The van der Waals surface area contributed by atoms with Crippen molar-refractivity contribution in [3.05, 3.63) is 57.5 Å². The SMILES string of the molecule is CCc1ccc(C(NC(=O)c2ccc(S(C)(=O)=O)c([N+](=O)[O-])c2)C(C)(C)C)o1. The van der Waals surface area contributed by atoms with Gasteiger partial charge in [-0.2, -0.15) is 0 Å². The highest BCUT2D eigenvalue weighted by Crippen LogP contribution is 2.34. The van der Waals surface area contributed by atoms with Crippen molar-refractivity contribution in [3.63, 3.8) is 0 Å². The summed E-state index contributed by atoms with van der Waals surface area (Å²) in [4.78, 5) is 22.8. The summed E-state index contributed by atoms with van der Waals surface area (Å²) >= 11 is 0. The number of sulfone groups is 1. The number of nitro groups is 1. The molecular formula is C19H24N2O6S. The first-order valence-corrected chi connectivity index (χ1v) is 10.6. The molecule has 0 aliphatic carbocycles. The third kappa shape index (κ3) is 4.78. The number of amides is 1. The normalized spacial score (nSPS) is 13.2. The van der Waals surface area contributed by atoms with E-state index in [9.17, 15) is 23.3 Å². The Morgan fingerprint density at radius 1 is 1.25 bits per heavy atom. The van der Waals surface area contributed by atoms with E-state index < -0.39 is 42.7 Å². The lowest BCUT2D eigenvalue weighted by Crippen LogP contribution is -2.36. The zero-order valence-corrected chi connectivity index (χ0v) is 17.3. The van der Waals surface area contributed by atoms with Crippen LogP contribution >= 0.6 is 0 Å². The summed E-state index contributed by atoms with van der Waals surface area (Å²) in [5.41, 5.74) is -1.03. The van der Waals surface area contributed by atoms with Crippen LogP contribution in [0.15, 0.2) is 39.6 Å². The quantitative estimate of drug-likeness (QED) is 0.575. The highest BCUT2D eigenvalue weighted by molar-refractivity contribution is 7.90. The molecule has 2 rings (SSSR count). The number of hydrogen-bond acceptors (Lipinski definition) is 6. The van der Waals surface area contributed by atoms with Gasteiger partial charge >= 0.3 is 0 Å². The molecule has 9 heteroatoms. The molecule has 0 saturated heterocycles. The van der Waals surface area contributed by atoms with Gasteiger partial charge in [0.25, 0.3) is 11.6 Å². The van der Waals surface area contributed by atoms with Gasteiger partial charge in [0, 0.05) is 24.3 Å². The van der Waals surface area contributed by atoms with Gasteiger partial charge in [-0.25, -0.2) is 8.42 Å². The molecule has 152 valence electrons. The number of nitrogens with one attached hydrogen (secondary N) is 1. The van der Waals surface area contributed by atoms with Crippen molar-refractivity contribution in [2.24, 2.45) is 5.41 Å². The zero-order valence-electron chi connectivity index (χ0n) is 16.5. The van der Waals surface area contributed by atoms with E-state index in [1.54, 1.807) is 6.07 Å². The zero-order chi connectivity index (χ0) is 21.3. The summed E-state index contributed by atoms with van der Waals surface area (Å²) in [6, 6.07) is 6.48. The Bertz CT molecular complexity index is 1000. The maximum absolute atomic E-state index is 12.8. The van der Waals surface area contributed by atoms with Crippen molar-refractivity contribution >= 4 is 21.4 Å². The van der Waals surface area contributed by atoms with Crippen LogP contribution in [0.1, 0.15) is 55.6 Å². The number of furan rings is 1. The minimum atomic E-state index is -3.80. The lowest BCUT2D eigenvalue weighted by molar-refractivity contribution is -0.387. The molecule has 1 aromatic heterocycles. The summed E-state index contributed by atoms with van der Waals surface area (Å²) in [5.74, 6) is 0.809. The summed E-state index contributed by atoms with van der Waals surface area (Å²) in [7, 11) is -3.80. The van der Waals surface area contributed by atoms with E-state index in [0.717, 1.165) is 24.1 Å². The van der Waals surface area contributed by atoms with E-state index in [1.165, 1.54) is 6.07 Å². The largest absolute Gasteiger partial charge is 0.464 e. The van der Waals surface area contributed by atoms with E-state index in [2.05, 4.69) is 5.32 Å². The highest BCUT2D eigenvalue weighted by atomic mass is 32.2. The first-order chi connectivity index (χ1) is 12.8. The Labute approximate surface area is 164 Å². The number of nitro benzene ring substituents is 1. The topological polar surface area (TPSA) is 120 Å². The number of hydrogen-bond donors (Lipinski definition) is 1. The maximum atomic E-state index is 12.8. The molecule has 0 spiro atoms. The van der Waals surface area contributed by atoms with Crippen LogP contribution in [0.2, 0.25) is 0 Å². The predicted molar refractivity (Wildman–Crippen MR) is 104 cm³/mol. The number of benzene rings is 1. The van der Waals surface area contributed by atoms with Gasteiger partial charge in [0.15, 0.2) is 9.84 Å². The Hall–Kier alpha value is -2.68. The minimum Gasteiger partial charge on any atom is -0.464 e. The molecule has 0 aliphatic heterocycles. The van der Waals surface area contributed by atoms with Crippen molar-refractivity contribution in [3.8, 4) is 0 Å². The van der Waals surface area contributed by atoms with E-state index in [1.807, 2.05) is 33.8 Å². The molecule has 0 bridgehead atoms. The molecule has 0 saturated carbocycles.